The Hall–Kier alpha value is 0.310. The van der Waals surface area contributed by atoms with Crippen molar-refractivity contribution >= 4 is 8.60 Å². The van der Waals surface area contributed by atoms with E-state index in [0.29, 0.717) is 0 Å². The molecule has 0 bridgehead atoms. The van der Waals surface area contributed by atoms with Gasteiger partial charge in [0.05, 0.1) is 11.2 Å². The maximum absolute atomic E-state index is 9.60. The van der Waals surface area contributed by atoms with Crippen LogP contribution in [0.25, 0.3) is 0 Å². The predicted octanol–water partition coefficient (Wildman–Crippen LogP) is 3.62. The van der Waals surface area contributed by atoms with Crippen LogP contribution in [0.3, 0.4) is 0 Å². The van der Waals surface area contributed by atoms with Gasteiger partial charge in [-0.05, 0) is 40.5 Å². The van der Waals surface area contributed by atoms with Gasteiger partial charge in [0.25, 0.3) is 0 Å². The van der Waals surface area contributed by atoms with Gasteiger partial charge in [0.1, 0.15) is 0 Å². The van der Waals surface area contributed by atoms with Gasteiger partial charge in [-0.15, -0.1) is 0 Å². The summed E-state index contributed by atoms with van der Waals surface area (Å²) in [6, 6.07) is 0. The standard InChI is InChI=1S/C10H23O3P/c1-7-9(3,4)12-14(11)13-10(5,6)8-2/h11H,7-8H2,1-6H3. The second kappa shape index (κ2) is 5.41. The first kappa shape index (κ1) is 14.3. The predicted molar refractivity (Wildman–Crippen MR) is 60.0 cm³/mol. The fourth-order valence-corrected chi connectivity index (χ4v) is 1.71. The summed E-state index contributed by atoms with van der Waals surface area (Å²) in [7, 11) is -1.77. The quantitative estimate of drug-likeness (QED) is 0.697. The first-order valence-corrected chi connectivity index (χ1v) is 6.23. The summed E-state index contributed by atoms with van der Waals surface area (Å²) in [5, 5.41) is 0. The lowest BCUT2D eigenvalue weighted by Gasteiger charge is -2.30. The molecule has 1 N–H and O–H groups in total. The highest BCUT2D eigenvalue weighted by Gasteiger charge is 2.27. The molecular weight excluding hydrogens is 199 g/mol. The van der Waals surface area contributed by atoms with E-state index in [0.717, 1.165) is 12.8 Å². The van der Waals surface area contributed by atoms with Crippen LogP contribution in [0.2, 0.25) is 0 Å². The minimum absolute atomic E-state index is 0.315. The molecule has 0 atom stereocenters. The lowest BCUT2D eigenvalue weighted by molar-refractivity contribution is 0.0270. The molecule has 14 heavy (non-hydrogen) atoms. The Bertz CT molecular complexity index is 151. The molecule has 0 saturated heterocycles. The van der Waals surface area contributed by atoms with Gasteiger partial charge < -0.3 is 13.9 Å². The van der Waals surface area contributed by atoms with E-state index in [1.54, 1.807) is 0 Å². The van der Waals surface area contributed by atoms with Crippen LogP contribution in [-0.4, -0.2) is 16.1 Å². The molecule has 86 valence electrons. The van der Waals surface area contributed by atoms with Crippen LogP contribution in [0, 0.1) is 0 Å². The molecule has 0 aliphatic rings. The van der Waals surface area contributed by atoms with Crippen LogP contribution < -0.4 is 0 Å². The average Bonchev–Trinajstić information content (AvgIpc) is 2.02. The van der Waals surface area contributed by atoms with Crippen molar-refractivity contribution in [2.75, 3.05) is 0 Å². The molecule has 0 aromatic carbocycles. The molecule has 3 nitrogen and oxygen atoms in total. The molecule has 0 saturated carbocycles. The van der Waals surface area contributed by atoms with Gasteiger partial charge >= 0.3 is 8.60 Å². The summed E-state index contributed by atoms with van der Waals surface area (Å²) in [6.45, 7) is 11.8. The van der Waals surface area contributed by atoms with Crippen LogP contribution in [0.4, 0.5) is 0 Å². The van der Waals surface area contributed by atoms with Crippen molar-refractivity contribution in [2.24, 2.45) is 0 Å². The maximum atomic E-state index is 9.60. The summed E-state index contributed by atoms with van der Waals surface area (Å²) in [6.07, 6.45) is 1.70. The van der Waals surface area contributed by atoms with Gasteiger partial charge in [-0.3, -0.25) is 0 Å². The van der Waals surface area contributed by atoms with Gasteiger partial charge in [-0.25, -0.2) is 0 Å². The lowest BCUT2D eigenvalue weighted by Crippen LogP contribution is -2.25. The van der Waals surface area contributed by atoms with Crippen LogP contribution in [-0.2, 0) is 9.05 Å². The topological polar surface area (TPSA) is 38.7 Å². The number of hydrogen-bond donors (Lipinski definition) is 1. The molecule has 0 aliphatic heterocycles. The molecule has 0 aliphatic carbocycles. The third kappa shape index (κ3) is 5.92. The summed E-state index contributed by atoms with van der Waals surface area (Å²) < 4.78 is 10.8. The van der Waals surface area contributed by atoms with E-state index in [-0.39, 0.29) is 11.2 Å². The van der Waals surface area contributed by atoms with Crippen LogP contribution in [0.15, 0.2) is 0 Å². The SMILES string of the molecule is CCC(C)(C)OP(O)OC(C)(C)CC. The summed E-state index contributed by atoms with van der Waals surface area (Å²) in [5.74, 6) is 0. The molecule has 0 unspecified atom stereocenters. The third-order valence-corrected chi connectivity index (χ3v) is 3.65. The van der Waals surface area contributed by atoms with Crippen molar-refractivity contribution in [3.63, 3.8) is 0 Å². The Morgan fingerprint density at radius 3 is 1.43 bits per heavy atom. The van der Waals surface area contributed by atoms with Gasteiger partial charge in [-0.2, -0.15) is 0 Å². The second-order valence-corrected chi connectivity index (χ2v) is 5.49. The van der Waals surface area contributed by atoms with Crippen molar-refractivity contribution in [3.8, 4) is 0 Å². The molecular formula is C10H23O3P. The van der Waals surface area contributed by atoms with Gasteiger partial charge in [0.15, 0.2) is 0 Å². The summed E-state index contributed by atoms with van der Waals surface area (Å²) in [4.78, 5) is 9.60. The van der Waals surface area contributed by atoms with E-state index >= 15 is 0 Å². The van der Waals surface area contributed by atoms with E-state index in [4.69, 9.17) is 9.05 Å². The van der Waals surface area contributed by atoms with Crippen molar-refractivity contribution in [1.29, 1.82) is 0 Å². The Kier molecular flexibility index (Phi) is 5.53. The van der Waals surface area contributed by atoms with Gasteiger partial charge in [-0.1, -0.05) is 13.8 Å². The Morgan fingerprint density at radius 1 is 0.929 bits per heavy atom. The zero-order chi connectivity index (χ0) is 11.4. The highest BCUT2D eigenvalue weighted by Crippen LogP contribution is 2.43. The smallest absolute Gasteiger partial charge is 0.328 e. The van der Waals surface area contributed by atoms with Gasteiger partial charge in [0.2, 0.25) is 0 Å². The van der Waals surface area contributed by atoms with Crippen LogP contribution >= 0.6 is 8.60 Å². The molecule has 0 fully saturated rings. The minimum Gasteiger partial charge on any atom is -0.328 e. The van der Waals surface area contributed by atoms with Crippen molar-refractivity contribution in [1.82, 2.24) is 0 Å². The molecule has 0 amide bonds. The highest BCUT2D eigenvalue weighted by molar-refractivity contribution is 7.40. The first-order valence-electron chi connectivity index (χ1n) is 5.09. The fraction of sp³-hybridized carbons (Fsp3) is 1.00. The van der Waals surface area contributed by atoms with Gasteiger partial charge in [0, 0.05) is 0 Å². The van der Waals surface area contributed by atoms with E-state index in [2.05, 4.69) is 0 Å². The largest absolute Gasteiger partial charge is 0.330 e. The van der Waals surface area contributed by atoms with E-state index in [9.17, 15) is 4.89 Å². The zero-order valence-corrected chi connectivity index (χ0v) is 11.0. The van der Waals surface area contributed by atoms with E-state index < -0.39 is 8.60 Å². The highest BCUT2D eigenvalue weighted by atomic mass is 31.2. The summed E-state index contributed by atoms with van der Waals surface area (Å²) >= 11 is 0. The Labute approximate surface area is 88.8 Å². The number of rotatable bonds is 6. The van der Waals surface area contributed by atoms with E-state index in [1.807, 2.05) is 41.5 Å². The Balaban J connectivity index is 4.04. The summed E-state index contributed by atoms with van der Waals surface area (Å²) in [5.41, 5.74) is -0.630. The normalized spacial score (nSPS) is 13.7. The molecule has 0 radical (unpaired) electrons. The molecule has 0 aromatic heterocycles. The fourth-order valence-electron chi connectivity index (χ4n) is 0.571. The molecule has 0 rings (SSSR count). The molecule has 0 heterocycles. The lowest BCUT2D eigenvalue weighted by atomic mass is 10.1. The van der Waals surface area contributed by atoms with E-state index in [1.165, 1.54) is 0 Å². The first-order chi connectivity index (χ1) is 6.22. The second-order valence-electron chi connectivity index (χ2n) is 4.65. The molecule has 0 spiro atoms. The zero-order valence-electron chi connectivity index (χ0n) is 10.1. The Morgan fingerprint density at radius 2 is 1.21 bits per heavy atom. The van der Waals surface area contributed by atoms with Crippen LogP contribution in [0.5, 0.6) is 0 Å². The minimum atomic E-state index is -1.77. The number of hydrogen-bond acceptors (Lipinski definition) is 3. The molecule has 4 heteroatoms. The van der Waals surface area contributed by atoms with Crippen molar-refractivity contribution in [2.45, 2.75) is 65.6 Å². The third-order valence-electron chi connectivity index (χ3n) is 2.35. The average molecular weight is 222 g/mol. The maximum Gasteiger partial charge on any atom is 0.330 e. The molecule has 0 aromatic rings. The van der Waals surface area contributed by atoms with Crippen molar-refractivity contribution in [3.05, 3.63) is 0 Å². The van der Waals surface area contributed by atoms with Crippen LogP contribution in [0.1, 0.15) is 54.4 Å². The monoisotopic (exact) mass is 222 g/mol. The van der Waals surface area contributed by atoms with Crippen molar-refractivity contribution < 1.29 is 13.9 Å².